The molecule has 0 aliphatic rings. The molecule has 0 radical (unpaired) electrons. The van der Waals surface area contributed by atoms with Crippen molar-refractivity contribution in [2.24, 2.45) is 0 Å². The Balaban J connectivity index is 2.14. The van der Waals surface area contributed by atoms with E-state index >= 15 is 0 Å². The van der Waals surface area contributed by atoms with E-state index < -0.39 is 69.3 Å². The van der Waals surface area contributed by atoms with Crippen LogP contribution in [0.25, 0.3) is 0 Å². The number of rotatable bonds is 8. The smallest absolute Gasteiger partial charge is 0.462 e. The number of alkyl halides is 6. The predicted molar refractivity (Wildman–Crippen MR) is 117 cm³/mol. The topological polar surface area (TPSA) is 119 Å². The van der Waals surface area contributed by atoms with Crippen molar-refractivity contribution in [1.82, 2.24) is 0 Å². The summed E-state index contributed by atoms with van der Waals surface area (Å²) < 4.78 is 105. The number of esters is 1. The van der Waals surface area contributed by atoms with Crippen LogP contribution in [0.2, 0.25) is 0 Å². The number of anilines is 2. The van der Waals surface area contributed by atoms with Gasteiger partial charge in [-0.2, -0.15) is 26.3 Å². The van der Waals surface area contributed by atoms with Crippen LogP contribution in [0, 0.1) is 0 Å². The first-order chi connectivity index (χ1) is 16.5. The van der Waals surface area contributed by atoms with Gasteiger partial charge < -0.3 is 15.4 Å². The van der Waals surface area contributed by atoms with E-state index in [1.54, 1.807) is 0 Å². The Morgan fingerprint density at radius 3 is 1.75 bits per heavy atom. The molecular weight excluding hydrogens is 590 g/mol. The normalized spacial score (nSPS) is 12.1. The number of hydrogen-bond donors (Lipinski definition) is 2. The summed E-state index contributed by atoms with van der Waals surface area (Å²) in [6.07, 6.45) is -10.9. The first-order valence-electron chi connectivity index (χ1n) is 9.56. The van der Waals surface area contributed by atoms with E-state index in [4.69, 9.17) is 4.74 Å². The van der Waals surface area contributed by atoms with Gasteiger partial charge in [0.15, 0.2) is 9.84 Å². The number of hydrogen-bond acceptors (Lipinski definition) is 6. The van der Waals surface area contributed by atoms with Gasteiger partial charge in [0.05, 0.1) is 22.8 Å². The molecule has 2 amide bonds. The lowest BCUT2D eigenvalue weighted by Crippen LogP contribution is -2.31. The second-order valence-corrected chi connectivity index (χ2v) is 9.99. The average molecular weight is 605 g/mol. The van der Waals surface area contributed by atoms with E-state index in [-0.39, 0.29) is 11.3 Å². The van der Waals surface area contributed by atoms with Gasteiger partial charge in [0.2, 0.25) is 0 Å². The standard InChI is InChI=1S/C20H15BrF6N2O6S/c21-12-2-4-15(5-3-12)36(33,34)7-1-6-35-16(30)11-8-13(28-17(31)19(22,23)24)10-14(9-11)29-18(32)20(25,26)27/h2-5,8-10H,1,6-7H2,(H,28,31)(H,29,32). The second kappa shape index (κ2) is 11.3. The zero-order valence-electron chi connectivity index (χ0n) is 17.7. The molecule has 0 bridgehead atoms. The molecule has 0 atom stereocenters. The molecule has 0 spiro atoms. The maximum Gasteiger partial charge on any atom is 0.471 e. The summed E-state index contributed by atoms with van der Waals surface area (Å²) in [6.45, 7) is -0.474. The van der Waals surface area contributed by atoms with E-state index in [1.165, 1.54) is 34.9 Å². The molecule has 0 saturated heterocycles. The molecule has 0 aliphatic heterocycles. The van der Waals surface area contributed by atoms with Gasteiger partial charge in [-0.1, -0.05) is 15.9 Å². The van der Waals surface area contributed by atoms with Crippen molar-refractivity contribution in [2.75, 3.05) is 23.0 Å². The fourth-order valence-corrected chi connectivity index (χ4v) is 4.10. The number of nitrogens with one attached hydrogen (secondary N) is 2. The molecule has 16 heteroatoms. The molecule has 36 heavy (non-hydrogen) atoms. The Morgan fingerprint density at radius 1 is 0.833 bits per heavy atom. The van der Waals surface area contributed by atoms with Crippen molar-refractivity contribution in [1.29, 1.82) is 0 Å². The van der Waals surface area contributed by atoms with Crippen molar-refractivity contribution >= 4 is 54.9 Å². The van der Waals surface area contributed by atoms with Crippen molar-refractivity contribution in [2.45, 2.75) is 23.7 Å². The molecule has 2 N–H and O–H groups in total. The van der Waals surface area contributed by atoms with Crippen molar-refractivity contribution in [3.05, 3.63) is 52.5 Å². The van der Waals surface area contributed by atoms with E-state index in [0.717, 1.165) is 0 Å². The summed E-state index contributed by atoms with van der Waals surface area (Å²) in [7, 11) is -3.73. The lowest BCUT2D eigenvalue weighted by Gasteiger charge is -2.13. The van der Waals surface area contributed by atoms with Crippen LogP contribution >= 0.6 is 15.9 Å². The Kier molecular flexibility index (Phi) is 9.12. The summed E-state index contributed by atoms with van der Waals surface area (Å²) in [5.74, 6) is -6.67. The molecule has 2 aromatic carbocycles. The molecule has 196 valence electrons. The first kappa shape index (κ1) is 29.1. The highest BCUT2D eigenvalue weighted by atomic mass is 79.9. The molecule has 0 aromatic heterocycles. The Morgan fingerprint density at radius 2 is 1.31 bits per heavy atom. The van der Waals surface area contributed by atoms with E-state index in [2.05, 4.69) is 15.9 Å². The number of amides is 2. The summed E-state index contributed by atoms with van der Waals surface area (Å²) in [5.41, 5.74) is -2.15. The highest BCUT2D eigenvalue weighted by Crippen LogP contribution is 2.25. The summed E-state index contributed by atoms with van der Waals surface area (Å²) in [6, 6.07) is 7.63. The molecule has 0 aliphatic carbocycles. The van der Waals surface area contributed by atoms with E-state index in [0.29, 0.717) is 22.7 Å². The number of ether oxygens (including phenoxy) is 1. The van der Waals surface area contributed by atoms with Crippen LogP contribution in [0.5, 0.6) is 0 Å². The molecule has 0 fully saturated rings. The Hall–Kier alpha value is -3.14. The van der Waals surface area contributed by atoms with Gasteiger partial charge in [0.1, 0.15) is 0 Å². The van der Waals surface area contributed by atoms with E-state index in [9.17, 15) is 49.1 Å². The zero-order chi connectivity index (χ0) is 27.3. The SMILES string of the molecule is O=C(OCCCS(=O)(=O)c1ccc(Br)cc1)c1cc(NC(=O)C(F)(F)F)cc(NC(=O)C(F)(F)F)c1. The molecule has 2 rings (SSSR count). The van der Waals surface area contributed by atoms with Crippen LogP contribution in [0.3, 0.4) is 0 Å². The quantitative estimate of drug-likeness (QED) is 0.261. The largest absolute Gasteiger partial charge is 0.471 e. The summed E-state index contributed by atoms with van der Waals surface area (Å²) in [4.78, 5) is 34.6. The van der Waals surface area contributed by atoms with Crippen molar-refractivity contribution in [3.8, 4) is 0 Å². The lowest BCUT2D eigenvalue weighted by atomic mass is 10.1. The highest BCUT2D eigenvalue weighted by molar-refractivity contribution is 9.10. The third-order valence-corrected chi connectivity index (χ3v) is 6.51. The van der Waals surface area contributed by atoms with Crippen LogP contribution in [0.1, 0.15) is 16.8 Å². The number of carbonyl (C=O) groups excluding carboxylic acids is 3. The maximum absolute atomic E-state index is 12.5. The number of halogens is 7. The Labute approximate surface area is 208 Å². The molecule has 0 heterocycles. The number of carbonyl (C=O) groups is 3. The highest BCUT2D eigenvalue weighted by Gasteiger charge is 2.40. The monoisotopic (exact) mass is 604 g/mol. The molecule has 0 unspecified atom stereocenters. The van der Waals surface area contributed by atoms with Gasteiger partial charge in [-0.25, -0.2) is 13.2 Å². The van der Waals surface area contributed by atoms with Gasteiger partial charge in [-0.05, 0) is 48.9 Å². The van der Waals surface area contributed by atoms with Gasteiger partial charge in [0, 0.05) is 15.8 Å². The van der Waals surface area contributed by atoms with Crippen molar-refractivity contribution in [3.63, 3.8) is 0 Å². The lowest BCUT2D eigenvalue weighted by molar-refractivity contribution is -0.167. The minimum Gasteiger partial charge on any atom is -0.462 e. The van der Waals surface area contributed by atoms with Crippen LogP contribution in [0.15, 0.2) is 51.8 Å². The molecular formula is C20H15BrF6N2O6S. The van der Waals surface area contributed by atoms with Crippen molar-refractivity contribution < 1.29 is 53.9 Å². The summed E-state index contributed by atoms with van der Waals surface area (Å²) in [5, 5.41) is 2.70. The first-order valence-corrected chi connectivity index (χ1v) is 12.0. The van der Waals surface area contributed by atoms with Crippen LogP contribution in [-0.4, -0.2) is 50.9 Å². The third-order valence-electron chi connectivity index (χ3n) is 4.16. The molecule has 0 saturated carbocycles. The fraction of sp³-hybridized carbons (Fsp3) is 0.250. The maximum atomic E-state index is 12.5. The van der Waals surface area contributed by atoms with Crippen LogP contribution in [-0.2, 0) is 24.2 Å². The van der Waals surface area contributed by atoms with Gasteiger partial charge in [-0.15, -0.1) is 0 Å². The molecule has 8 nitrogen and oxygen atoms in total. The van der Waals surface area contributed by atoms with Gasteiger partial charge in [-0.3, -0.25) is 9.59 Å². The number of benzene rings is 2. The minimum absolute atomic E-state index is 0.00943. The van der Waals surface area contributed by atoms with Crippen LogP contribution in [0.4, 0.5) is 37.7 Å². The van der Waals surface area contributed by atoms with E-state index in [1.807, 2.05) is 0 Å². The van der Waals surface area contributed by atoms with Crippen LogP contribution < -0.4 is 10.6 Å². The van der Waals surface area contributed by atoms with Gasteiger partial charge >= 0.3 is 30.1 Å². The number of sulfone groups is 1. The average Bonchev–Trinajstić information content (AvgIpc) is 2.75. The predicted octanol–water partition coefficient (Wildman–Crippen LogP) is 4.47. The third kappa shape index (κ3) is 8.51. The zero-order valence-corrected chi connectivity index (χ0v) is 20.1. The molecule has 2 aromatic rings. The second-order valence-electron chi connectivity index (χ2n) is 6.97. The fourth-order valence-electron chi connectivity index (χ4n) is 2.55. The Bertz CT molecular complexity index is 1200. The van der Waals surface area contributed by atoms with Gasteiger partial charge in [0.25, 0.3) is 0 Å². The summed E-state index contributed by atoms with van der Waals surface area (Å²) >= 11 is 3.16. The minimum atomic E-state index is -5.35.